The van der Waals surface area contributed by atoms with Gasteiger partial charge in [-0.3, -0.25) is 4.79 Å². The summed E-state index contributed by atoms with van der Waals surface area (Å²) in [7, 11) is 0. The number of halogens is 1. The van der Waals surface area contributed by atoms with Crippen molar-refractivity contribution in [2.45, 2.75) is 38.6 Å². The van der Waals surface area contributed by atoms with Gasteiger partial charge in [0, 0.05) is 23.2 Å². The summed E-state index contributed by atoms with van der Waals surface area (Å²) in [4.78, 5) is 14.7. The van der Waals surface area contributed by atoms with Crippen LogP contribution in [0.5, 0.6) is 0 Å². The maximum Gasteiger partial charge on any atom is 0.224 e. The SMILES string of the molecule is C[C@H](NC(=O)Cc1cccc(Br)c1)c1ccc(N2CCCCC2)cc1. The van der Waals surface area contributed by atoms with Gasteiger partial charge < -0.3 is 10.2 Å². The quantitative estimate of drug-likeness (QED) is 0.776. The molecule has 25 heavy (non-hydrogen) atoms. The molecule has 1 atom stereocenters. The molecule has 0 unspecified atom stereocenters. The molecule has 4 heteroatoms. The predicted octanol–water partition coefficient (Wildman–Crippen LogP) is 4.86. The summed E-state index contributed by atoms with van der Waals surface area (Å²) in [5, 5.41) is 3.10. The minimum absolute atomic E-state index is 0.00931. The van der Waals surface area contributed by atoms with E-state index in [2.05, 4.69) is 50.4 Å². The van der Waals surface area contributed by atoms with Gasteiger partial charge in [0.25, 0.3) is 0 Å². The largest absolute Gasteiger partial charge is 0.372 e. The van der Waals surface area contributed by atoms with E-state index in [0.717, 1.165) is 28.7 Å². The molecule has 1 heterocycles. The van der Waals surface area contributed by atoms with Gasteiger partial charge in [0.05, 0.1) is 12.5 Å². The number of amides is 1. The highest BCUT2D eigenvalue weighted by molar-refractivity contribution is 9.10. The first-order valence-corrected chi connectivity index (χ1v) is 9.80. The Labute approximate surface area is 158 Å². The number of benzene rings is 2. The Morgan fingerprint density at radius 2 is 1.84 bits per heavy atom. The molecule has 3 rings (SSSR count). The normalized spacial score (nSPS) is 15.7. The van der Waals surface area contributed by atoms with Crippen LogP contribution >= 0.6 is 15.9 Å². The van der Waals surface area contributed by atoms with Crippen LogP contribution in [0.4, 0.5) is 5.69 Å². The van der Waals surface area contributed by atoms with E-state index < -0.39 is 0 Å². The van der Waals surface area contributed by atoms with Gasteiger partial charge in [0.1, 0.15) is 0 Å². The Hall–Kier alpha value is -1.81. The maximum absolute atomic E-state index is 12.3. The van der Waals surface area contributed by atoms with Crippen molar-refractivity contribution in [1.82, 2.24) is 5.32 Å². The molecule has 1 N–H and O–H groups in total. The number of carbonyl (C=O) groups excluding carboxylic acids is 1. The summed E-state index contributed by atoms with van der Waals surface area (Å²) in [6.45, 7) is 4.34. The second-order valence-corrected chi connectivity index (χ2v) is 7.65. The number of rotatable bonds is 5. The van der Waals surface area contributed by atoms with Crippen molar-refractivity contribution in [3.63, 3.8) is 0 Å². The third-order valence-corrected chi connectivity index (χ3v) is 5.24. The fourth-order valence-electron chi connectivity index (χ4n) is 3.33. The molecule has 1 fully saturated rings. The summed E-state index contributed by atoms with van der Waals surface area (Å²) >= 11 is 3.44. The van der Waals surface area contributed by atoms with E-state index in [1.807, 2.05) is 31.2 Å². The lowest BCUT2D eigenvalue weighted by molar-refractivity contribution is -0.121. The summed E-state index contributed by atoms with van der Waals surface area (Å²) in [5.74, 6) is 0.0470. The summed E-state index contributed by atoms with van der Waals surface area (Å²) in [6, 6.07) is 16.5. The number of carbonyl (C=O) groups is 1. The van der Waals surface area contributed by atoms with Gasteiger partial charge in [-0.1, -0.05) is 40.2 Å². The third kappa shape index (κ3) is 5.08. The van der Waals surface area contributed by atoms with Crippen molar-refractivity contribution in [2.24, 2.45) is 0 Å². The van der Waals surface area contributed by atoms with Crippen LogP contribution in [0.3, 0.4) is 0 Å². The first-order chi connectivity index (χ1) is 12.1. The van der Waals surface area contributed by atoms with Crippen LogP contribution in [0, 0.1) is 0 Å². The molecule has 132 valence electrons. The van der Waals surface area contributed by atoms with E-state index in [1.54, 1.807) is 0 Å². The van der Waals surface area contributed by atoms with Crippen molar-refractivity contribution in [2.75, 3.05) is 18.0 Å². The fraction of sp³-hybridized carbons (Fsp3) is 0.381. The smallest absolute Gasteiger partial charge is 0.224 e. The van der Waals surface area contributed by atoms with E-state index in [-0.39, 0.29) is 11.9 Å². The van der Waals surface area contributed by atoms with Gasteiger partial charge in [-0.15, -0.1) is 0 Å². The molecule has 2 aromatic rings. The molecule has 0 radical (unpaired) electrons. The molecule has 1 saturated heterocycles. The molecule has 2 aromatic carbocycles. The van der Waals surface area contributed by atoms with E-state index in [9.17, 15) is 4.79 Å². The lowest BCUT2D eigenvalue weighted by Gasteiger charge is -2.29. The highest BCUT2D eigenvalue weighted by Crippen LogP contribution is 2.22. The molecule has 0 aromatic heterocycles. The molecule has 0 spiro atoms. The third-order valence-electron chi connectivity index (χ3n) is 4.75. The van der Waals surface area contributed by atoms with E-state index in [0.29, 0.717) is 6.42 Å². The zero-order chi connectivity index (χ0) is 17.6. The number of nitrogens with zero attached hydrogens (tertiary/aromatic N) is 1. The lowest BCUT2D eigenvalue weighted by atomic mass is 10.1. The van der Waals surface area contributed by atoms with Crippen LogP contribution in [0.1, 0.15) is 43.4 Å². The van der Waals surface area contributed by atoms with Crippen LogP contribution in [0.25, 0.3) is 0 Å². The Balaban J connectivity index is 1.57. The molecule has 0 bridgehead atoms. The summed E-state index contributed by atoms with van der Waals surface area (Å²) < 4.78 is 0.999. The number of hydrogen-bond donors (Lipinski definition) is 1. The molecule has 0 aliphatic carbocycles. The lowest BCUT2D eigenvalue weighted by Crippen LogP contribution is -2.30. The van der Waals surface area contributed by atoms with Gasteiger partial charge in [-0.05, 0) is 61.6 Å². The molecular weight excluding hydrogens is 376 g/mol. The van der Waals surface area contributed by atoms with Gasteiger partial charge in [0.15, 0.2) is 0 Å². The molecule has 1 aliphatic rings. The van der Waals surface area contributed by atoms with Gasteiger partial charge >= 0.3 is 0 Å². The first-order valence-electron chi connectivity index (χ1n) is 9.00. The van der Waals surface area contributed by atoms with Gasteiger partial charge in [0.2, 0.25) is 5.91 Å². The molecule has 0 saturated carbocycles. The maximum atomic E-state index is 12.3. The highest BCUT2D eigenvalue weighted by Gasteiger charge is 2.13. The van der Waals surface area contributed by atoms with Crippen molar-refractivity contribution in [1.29, 1.82) is 0 Å². The zero-order valence-electron chi connectivity index (χ0n) is 14.7. The Morgan fingerprint density at radius 1 is 1.12 bits per heavy atom. The first kappa shape index (κ1) is 18.0. The van der Waals surface area contributed by atoms with Crippen molar-refractivity contribution >= 4 is 27.5 Å². The predicted molar refractivity (Wildman–Crippen MR) is 107 cm³/mol. The zero-order valence-corrected chi connectivity index (χ0v) is 16.3. The number of hydrogen-bond acceptors (Lipinski definition) is 2. The second-order valence-electron chi connectivity index (χ2n) is 6.74. The van der Waals surface area contributed by atoms with Crippen molar-refractivity contribution in [3.05, 3.63) is 64.1 Å². The van der Waals surface area contributed by atoms with Crippen LogP contribution in [-0.4, -0.2) is 19.0 Å². The number of anilines is 1. The molecule has 3 nitrogen and oxygen atoms in total. The van der Waals surface area contributed by atoms with Crippen LogP contribution in [0.2, 0.25) is 0 Å². The van der Waals surface area contributed by atoms with Crippen LogP contribution in [-0.2, 0) is 11.2 Å². The average Bonchev–Trinajstić information content (AvgIpc) is 2.62. The number of piperidine rings is 1. The van der Waals surface area contributed by atoms with Gasteiger partial charge in [-0.25, -0.2) is 0 Å². The summed E-state index contributed by atoms with van der Waals surface area (Å²) in [5.41, 5.74) is 3.44. The standard InChI is InChI=1S/C21H25BrN2O/c1-16(23-21(25)15-17-6-5-7-19(22)14-17)18-8-10-20(11-9-18)24-12-3-2-4-13-24/h5-11,14,16H,2-4,12-13,15H2,1H3,(H,23,25)/t16-/m0/s1. The van der Waals surface area contributed by atoms with Crippen LogP contribution in [0.15, 0.2) is 53.0 Å². The Kier molecular flexibility index (Phi) is 6.14. The van der Waals surface area contributed by atoms with Gasteiger partial charge in [-0.2, -0.15) is 0 Å². The average molecular weight is 401 g/mol. The Morgan fingerprint density at radius 3 is 2.52 bits per heavy atom. The van der Waals surface area contributed by atoms with E-state index in [1.165, 1.54) is 24.9 Å². The van der Waals surface area contributed by atoms with Crippen LogP contribution < -0.4 is 10.2 Å². The molecular formula is C21H25BrN2O. The number of nitrogens with one attached hydrogen (secondary N) is 1. The van der Waals surface area contributed by atoms with Crippen molar-refractivity contribution < 1.29 is 4.79 Å². The van der Waals surface area contributed by atoms with E-state index in [4.69, 9.17) is 0 Å². The fourth-order valence-corrected chi connectivity index (χ4v) is 3.78. The minimum atomic E-state index is 0.00931. The topological polar surface area (TPSA) is 32.3 Å². The summed E-state index contributed by atoms with van der Waals surface area (Å²) in [6.07, 6.45) is 4.30. The van der Waals surface area contributed by atoms with E-state index >= 15 is 0 Å². The monoisotopic (exact) mass is 400 g/mol. The second kappa shape index (κ2) is 8.52. The molecule has 1 aliphatic heterocycles. The molecule has 1 amide bonds. The highest BCUT2D eigenvalue weighted by atomic mass is 79.9. The Bertz CT molecular complexity index is 708. The minimum Gasteiger partial charge on any atom is -0.372 e. The van der Waals surface area contributed by atoms with Crippen molar-refractivity contribution in [3.8, 4) is 0 Å².